The summed E-state index contributed by atoms with van der Waals surface area (Å²) in [5.74, 6) is 2.23. The number of rotatable bonds is 12. The minimum Gasteiger partial charge on any atom is -0.494 e. The summed E-state index contributed by atoms with van der Waals surface area (Å²) in [4.78, 5) is 16.8. The molecule has 0 saturated heterocycles. The van der Waals surface area contributed by atoms with Gasteiger partial charge in [0.2, 0.25) is 0 Å². The number of imidazole rings is 1. The van der Waals surface area contributed by atoms with Gasteiger partial charge in [0.05, 0.1) is 23.9 Å². The van der Waals surface area contributed by atoms with E-state index in [2.05, 4.69) is 47.1 Å². The van der Waals surface area contributed by atoms with Gasteiger partial charge in [0.1, 0.15) is 11.6 Å². The van der Waals surface area contributed by atoms with Crippen molar-refractivity contribution in [2.75, 3.05) is 13.2 Å². The van der Waals surface area contributed by atoms with Crippen molar-refractivity contribution in [1.82, 2.24) is 14.9 Å². The lowest BCUT2D eigenvalue weighted by molar-refractivity contribution is 0.0925. The lowest BCUT2D eigenvalue weighted by Gasteiger charge is -2.11. The zero-order valence-corrected chi connectivity index (χ0v) is 19.1. The average Bonchev–Trinajstić information content (AvgIpc) is 3.49. The predicted molar refractivity (Wildman–Crippen MR) is 130 cm³/mol. The van der Waals surface area contributed by atoms with Crippen LogP contribution < -0.4 is 10.1 Å². The van der Waals surface area contributed by atoms with Crippen molar-refractivity contribution in [2.45, 2.75) is 45.6 Å². The molecule has 0 fully saturated rings. The number of hydrogen-bond acceptors (Lipinski definition) is 4. The van der Waals surface area contributed by atoms with E-state index in [9.17, 15) is 4.79 Å². The Morgan fingerprint density at radius 3 is 2.67 bits per heavy atom. The monoisotopic (exact) mass is 445 g/mol. The molecular weight excluding hydrogens is 414 g/mol. The Morgan fingerprint density at radius 2 is 1.85 bits per heavy atom. The van der Waals surface area contributed by atoms with Crippen molar-refractivity contribution in [2.24, 2.45) is 0 Å². The maximum atomic E-state index is 11.9. The third kappa shape index (κ3) is 6.25. The third-order valence-corrected chi connectivity index (χ3v) is 5.66. The molecule has 0 aliphatic rings. The number of hydrogen-bond donors (Lipinski definition) is 1. The largest absolute Gasteiger partial charge is 0.494 e. The highest BCUT2D eigenvalue weighted by atomic mass is 16.5. The van der Waals surface area contributed by atoms with E-state index in [1.54, 1.807) is 12.1 Å². The van der Waals surface area contributed by atoms with Gasteiger partial charge in [-0.25, -0.2) is 4.98 Å². The van der Waals surface area contributed by atoms with Crippen LogP contribution in [0.1, 0.15) is 47.6 Å². The second kappa shape index (κ2) is 11.4. The lowest BCUT2D eigenvalue weighted by atomic mass is 10.2. The average molecular weight is 446 g/mol. The number of nitrogens with one attached hydrogen (secondary N) is 1. The fourth-order valence-corrected chi connectivity index (χ4v) is 3.89. The van der Waals surface area contributed by atoms with E-state index in [1.807, 2.05) is 18.2 Å². The fraction of sp³-hybridized carbons (Fsp3) is 0.333. The molecule has 0 unspecified atom stereocenters. The van der Waals surface area contributed by atoms with Gasteiger partial charge in [-0.2, -0.15) is 0 Å². The molecule has 2 aromatic heterocycles. The number of furan rings is 1. The molecule has 0 atom stereocenters. The zero-order chi connectivity index (χ0) is 22.9. The summed E-state index contributed by atoms with van der Waals surface area (Å²) < 4.78 is 13.3. The van der Waals surface area contributed by atoms with Crippen molar-refractivity contribution in [3.63, 3.8) is 0 Å². The SMILES string of the molecule is Cc1ccc(OCCCn2c(CCCCCNC(=O)c3ccco3)nc3ccccc32)cc1. The van der Waals surface area contributed by atoms with E-state index < -0.39 is 0 Å². The van der Waals surface area contributed by atoms with Gasteiger partial charge in [-0.3, -0.25) is 4.79 Å². The van der Waals surface area contributed by atoms with Gasteiger partial charge in [0.25, 0.3) is 5.91 Å². The Balaban J connectivity index is 1.25. The zero-order valence-electron chi connectivity index (χ0n) is 19.1. The highest BCUT2D eigenvalue weighted by Gasteiger charge is 2.11. The van der Waals surface area contributed by atoms with Gasteiger partial charge in [0, 0.05) is 19.5 Å². The topological polar surface area (TPSA) is 69.3 Å². The second-order valence-electron chi connectivity index (χ2n) is 8.23. The summed E-state index contributed by atoms with van der Waals surface area (Å²) in [7, 11) is 0. The van der Waals surface area contributed by atoms with Crippen molar-refractivity contribution >= 4 is 16.9 Å². The van der Waals surface area contributed by atoms with Crippen LogP contribution in [0, 0.1) is 6.92 Å². The number of aryl methyl sites for hydroxylation is 3. The summed E-state index contributed by atoms with van der Waals surface area (Å²) in [5, 5.41) is 2.90. The lowest BCUT2D eigenvalue weighted by Crippen LogP contribution is -2.23. The van der Waals surface area contributed by atoms with Gasteiger partial charge in [0.15, 0.2) is 5.76 Å². The van der Waals surface area contributed by atoms with E-state index in [-0.39, 0.29) is 5.91 Å². The fourth-order valence-electron chi connectivity index (χ4n) is 3.89. The summed E-state index contributed by atoms with van der Waals surface area (Å²) in [5.41, 5.74) is 3.45. The first-order chi connectivity index (χ1) is 16.2. The molecule has 0 aliphatic heterocycles. The van der Waals surface area contributed by atoms with Crippen molar-refractivity contribution in [1.29, 1.82) is 0 Å². The van der Waals surface area contributed by atoms with Crippen LogP contribution in [0.4, 0.5) is 0 Å². The first kappa shape index (κ1) is 22.6. The van der Waals surface area contributed by atoms with Crippen LogP contribution in [0.5, 0.6) is 5.75 Å². The van der Waals surface area contributed by atoms with E-state index >= 15 is 0 Å². The van der Waals surface area contributed by atoms with Crippen LogP contribution in [0.15, 0.2) is 71.3 Å². The summed E-state index contributed by atoms with van der Waals surface area (Å²) in [6, 6.07) is 19.9. The standard InChI is InChI=1S/C27H31N3O3/c1-21-13-15-22(16-14-21)32-20-8-18-30-24-10-5-4-9-23(24)29-26(30)12-3-2-6-17-28-27(31)25-11-7-19-33-25/h4-5,7,9-11,13-16,19H,2-3,6,8,12,17-18,20H2,1H3,(H,28,31). The molecule has 172 valence electrons. The third-order valence-electron chi connectivity index (χ3n) is 5.66. The Labute approximate surface area is 194 Å². The number of benzene rings is 2. The maximum absolute atomic E-state index is 11.9. The number of fused-ring (bicyclic) bond motifs is 1. The minimum atomic E-state index is -0.158. The number of amides is 1. The number of aromatic nitrogens is 2. The van der Waals surface area contributed by atoms with E-state index in [4.69, 9.17) is 14.1 Å². The molecule has 6 heteroatoms. The maximum Gasteiger partial charge on any atom is 0.286 e. The number of carbonyl (C=O) groups excluding carboxylic acids is 1. The number of ether oxygens (including phenoxy) is 1. The molecule has 6 nitrogen and oxygen atoms in total. The van der Waals surface area contributed by atoms with Crippen molar-refractivity contribution in [3.8, 4) is 5.75 Å². The van der Waals surface area contributed by atoms with Gasteiger partial charge >= 0.3 is 0 Å². The molecule has 0 aliphatic carbocycles. The van der Waals surface area contributed by atoms with E-state index in [0.717, 1.165) is 55.7 Å². The number of carbonyl (C=O) groups is 1. The molecule has 2 aromatic carbocycles. The van der Waals surface area contributed by atoms with Crippen LogP contribution >= 0.6 is 0 Å². The molecule has 4 rings (SSSR count). The number of unbranched alkanes of at least 4 members (excludes halogenated alkanes) is 2. The van der Waals surface area contributed by atoms with Crippen molar-refractivity contribution < 1.29 is 13.9 Å². The molecule has 0 spiro atoms. The number of para-hydroxylation sites is 2. The van der Waals surface area contributed by atoms with Crippen LogP contribution in [-0.2, 0) is 13.0 Å². The summed E-state index contributed by atoms with van der Waals surface area (Å²) in [6.45, 7) is 4.27. The number of nitrogens with zero attached hydrogens (tertiary/aromatic N) is 2. The highest BCUT2D eigenvalue weighted by molar-refractivity contribution is 5.91. The van der Waals surface area contributed by atoms with Gasteiger partial charge < -0.3 is 19.0 Å². The smallest absolute Gasteiger partial charge is 0.286 e. The molecule has 0 radical (unpaired) electrons. The van der Waals surface area contributed by atoms with Crippen LogP contribution in [0.2, 0.25) is 0 Å². The Bertz CT molecular complexity index is 1150. The first-order valence-corrected chi connectivity index (χ1v) is 11.7. The van der Waals surface area contributed by atoms with E-state index in [0.29, 0.717) is 18.9 Å². The highest BCUT2D eigenvalue weighted by Crippen LogP contribution is 2.19. The van der Waals surface area contributed by atoms with Crippen LogP contribution in [0.25, 0.3) is 11.0 Å². The van der Waals surface area contributed by atoms with E-state index in [1.165, 1.54) is 17.3 Å². The van der Waals surface area contributed by atoms with Gasteiger partial charge in [-0.15, -0.1) is 0 Å². The molecule has 1 N–H and O–H groups in total. The molecular formula is C27H31N3O3. The quantitative estimate of drug-likeness (QED) is 0.290. The summed E-state index contributed by atoms with van der Waals surface area (Å²) in [6.07, 6.45) is 6.32. The Kier molecular flexibility index (Phi) is 7.80. The minimum absolute atomic E-state index is 0.158. The Morgan fingerprint density at radius 1 is 1.00 bits per heavy atom. The van der Waals surface area contributed by atoms with Crippen molar-refractivity contribution in [3.05, 3.63) is 84.1 Å². The van der Waals surface area contributed by atoms with Gasteiger partial charge in [-0.1, -0.05) is 36.2 Å². The molecule has 1 amide bonds. The molecule has 4 aromatic rings. The normalized spacial score (nSPS) is 11.1. The summed E-state index contributed by atoms with van der Waals surface area (Å²) >= 11 is 0. The van der Waals surface area contributed by atoms with Crippen LogP contribution in [0.3, 0.4) is 0 Å². The predicted octanol–water partition coefficient (Wildman–Crippen LogP) is 5.55. The molecule has 0 bridgehead atoms. The first-order valence-electron chi connectivity index (χ1n) is 11.7. The molecule has 2 heterocycles. The Hall–Kier alpha value is -3.54. The molecule has 0 saturated carbocycles. The molecule has 33 heavy (non-hydrogen) atoms. The van der Waals surface area contributed by atoms with Crippen LogP contribution in [-0.4, -0.2) is 28.6 Å². The van der Waals surface area contributed by atoms with Gasteiger partial charge in [-0.05, 0) is 62.6 Å². The second-order valence-corrected chi connectivity index (χ2v) is 8.23.